The Labute approximate surface area is 176 Å². The summed E-state index contributed by atoms with van der Waals surface area (Å²) < 4.78 is 48.1. The molecule has 4 rings (SSSR count). The summed E-state index contributed by atoms with van der Waals surface area (Å²) in [4.78, 5) is 36.5. The van der Waals surface area contributed by atoms with E-state index in [9.17, 15) is 22.8 Å². The summed E-state index contributed by atoms with van der Waals surface area (Å²) in [6.07, 6.45) is -2.14. The topological polar surface area (TPSA) is 80.6 Å². The molecule has 2 atom stereocenters. The summed E-state index contributed by atoms with van der Waals surface area (Å²) in [6, 6.07) is 2.36. The highest BCUT2D eigenvalue weighted by Gasteiger charge is 2.47. The van der Waals surface area contributed by atoms with Gasteiger partial charge in [0, 0.05) is 37.1 Å². The quantitative estimate of drug-likeness (QED) is 0.676. The van der Waals surface area contributed by atoms with E-state index in [-0.39, 0.29) is 36.3 Å². The lowest BCUT2D eigenvalue weighted by molar-refractivity contribution is -0.152. The number of pyridine rings is 1. The molecule has 4 heterocycles. The highest BCUT2D eigenvalue weighted by molar-refractivity contribution is 5.98. The van der Waals surface area contributed by atoms with Crippen molar-refractivity contribution >= 4 is 17.5 Å². The molecule has 2 aliphatic heterocycles. The molecule has 0 N–H and O–H groups in total. The number of hydrogen-bond acceptors (Lipinski definition) is 7. The zero-order chi connectivity index (χ0) is 22.2. The van der Waals surface area contributed by atoms with Crippen molar-refractivity contribution < 1.29 is 22.7 Å². The summed E-state index contributed by atoms with van der Waals surface area (Å²) in [5.74, 6) is -0.393. The molecule has 2 aromatic heterocycles. The predicted molar refractivity (Wildman–Crippen MR) is 106 cm³/mol. The summed E-state index contributed by atoms with van der Waals surface area (Å²) in [6.45, 7) is 2.52. The molecule has 2 aliphatic rings. The Morgan fingerprint density at radius 3 is 2.81 bits per heavy atom. The molecule has 0 spiro atoms. The van der Waals surface area contributed by atoms with E-state index < -0.39 is 30.1 Å². The second-order valence-electron chi connectivity index (χ2n) is 7.66. The predicted octanol–water partition coefficient (Wildman–Crippen LogP) is 1.89. The van der Waals surface area contributed by atoms with Crippen LogP contribution in [0, 0.1) is 0 Å². The molecule has 0 radical (unpaired) electrons. The van der Waals surface area contributed by atoms with Crippen LogP contribution >= 0.6 is 0 Å². The monoisotopic (exact) mass is 437 g/mol. The first-order valence-corrected chi connectivity index (χ1v) is 9.98. The van der Waals surface area contributed by atoms with Gasteiger partial charge in [0.25, 0.3) is 5.56 Å². The van der Waals surface area contributed by atoms with Gasteiger partial charge < -0.3 is 14.5 Å². The lowest BCUT2D eigenvalue weighted by Gasteiger charge is -2.40. The lowest BCUT2D eigenvalue weighted by Crippen LogP contribution is -2.54. The van der Waals surface area contributed by atoms with E-state index in [1.54, 1.807) is 6.07 Å². The van der Waals surface area contributed by atoms with Gasteiger partial charge in [0.1, 0.15) is 11.9 Å². The van der Waals surface area contributed by atoms with Crippen molar-refractivity contribution in [1.82, 2.24) is 14.5 Å². The normalized spacial score (nSPS) is 21.7. The number of aromatic nitrogens is 3. The van der Waals surface area contributed by atoms with Crippen LogP contribution in [0.25, 0.3) is 0 Å². The third-order valence-electron chi connectivity index (χ3n) is 5.57. The van der Waals surface area contributed by atoms with Gasteiger partial charge in [-0.25, -0.2) is 0 Å². The highest BCUT2D eigenvalue weighted by atomic mass is 19.4. The maximum absolute atomic E-state index is 13.8. The average Bonchev–Trinajstić information content (AvgIpc) is 2.74. The minimum atomic E-state index is -4.58. The van der Waals surface area contributed by atoms with Crippen LogP contribution in [-0.2, 0) is 11.3 Å². The van der Waals surface area contributed by atoms with Gasteiger partial charge in [-0.05, 0) is 25.5 Å². The highest BCUT2D eigenvalue weighted by Crippen LogP contribution is 2.34. The molecule has 1 saturated heterocycles. The smallest absolute Gasteiger partial charge is 0.377 e. The van der Waals surface area contributed by atoms with E-state index >= 15 is 0 Å². The molecular weight excluding hydrogens is 415 g/mol. The number of nitrogens with zero attached hydrogens (tertiary/aromatic N) is 5. The Morgan fingerprint density at radius 2 is 2.13 bits per heavy atom. The molecule has 0 amide bonds. The molecule has 1 unspecified atom stereocenters. The van der Waals surface area contributed by atoms with Crippen molar-refractivity contribution in [3.8, 4) is 0 Å². The largest absolute Gasteiger partial charge is 0.408 e. The van der Waals surface area contributed by atoms with Gasteiger partial charge in [0.15, 0.2) is 5.78 Å². The van der Waals surface area contributed by atoms with Crippen molar-refractivity contribution in [2.24, 2.45) is 0 Å². The molecule has 0 bridgehead atoms. The molecule has 8 nitrogen and oxygen atoms in total. The van der Waals surface area contributed by atoms with E-state index in [0.29, 0.717) is 19.8 Å². The van der Waals surface area contributed by atoms with Crippen LogP contribution in [0.2, 0.25) is 0 Å². The molecule has 2 aromatic rings. The Balaban J connectivity index is 1.76. The standard InChI is InChI=1S/C20H22F3N5O3/c1-13-12-31-8-7-26(13)17-9-18(30)27-6-4-16(20(21,22)23)28(19(27)25-17)11-15(29)14-3-2-5-24-10-14/h2-3,5,9-10,13,16H,4,6-8,11-12H2,1H3/t13-,16?/m1/s1. The molecule has 166 valence electrons. The van der Waals surface area contributed by atoms with Crippen LogP contribution in [-0.4, -0.2) is 64.9 Å². The van der Waals surface area contributed by atoms with Crippen molar-refractivity contribution in [2.75, 3.05) is 36.1 Å². The van der Waals surface area contributed by atoms with Crippen LogP contribution in [0.5, 0.6) is 0 Å². The number of ketones is 1. The number of alkyl halides is 3. The number of rotatable bonds is 4. The van der Waals surface area contributed by atoms with Crippen molar-refractivity contribution in [2.45, 2.75) is 38.1 Å². The fraction of sp³-hybridized carbons (Fsp3) is 0.500. The number of fused-ring (bicyclic) bond motifs is 1. The SMILES string of the molecule is C[C@@H]1COCCN1c1cc(=O)n2c(n1)N(CC(=O)c1cccnc1)C(C(F)(F)F)CC2. The first-order valence-electron chi connectivity index (χ1n) is 9.98. The minimum Gasteiger partial charge on any atom is -0.377 e. The van der Waals surface area contributed by atoms with Gasteiger partial charge in [0.2, 0.25) is 5.95 Å². The summed E-state index contributed by atoms with van der Waals surface area (Å²) in [7, 11) is 0. The third kappa shape index (κ3) is 4.27. The van der Waals surface area contributed by atoms with Crippen molar-refractivity contribution in [1.29, 1.82) is 0 Å². The molecule has 1 fully saturated rings. The number of ether oxygens (including phenoxy) is 1. The van der Waals surface area contributed by atoms with Crippen LogP contribution in [0.1, 0.15) is 23.7 Å². The molecule has 0 saturated carbocycles. The number of carbonyl (C=O) groups is 1. The molecule has 11 heteroatoms. The lowest BCUT2D eigenvalue weighted by atomic mass is 10.1. The Morgan fingerprint density at radius 1 is 1.32 bits per heavy atom. The van der Waals surface area contributed by atoms with Crippen LogP contribution < -0.4 is 15.4 Å². The fourth-order valence-corrected chi connectivity index (χ4v) is 3.97. The number of Topliss-reactive ketones (excluding diaryl/α,β-unsaturated/α-hetero) is 1. The summed E-state index contributed by atoms with van der Waals surface area (Å²) in [5.41, 5.74) is -0.251. The Bertz CT molecular complexity index is 1010. The van der Waals surface area contributed by atoms with Crippen LogP contribution in [0.4, 0.5) is 24.9 Å². The van der Waals surface area contributed by atoms with Gasteiger partial charge in [-0.1, -0.05) is 0 Å². The zero-order valence-electron chi connectivity index (χ0n) is 16.9. The summed E-state index contributed by atoms with van der Waals surface area (Å²) in [5, 5.41) is 0. The van der Waals surface area contributed by atoms with Gasteiger partial charge in [0.05, 0.1) is 25.8 Å². The van der Waals surface area contributed by atoms with E-state index in [4.69, 9.17) is 4.74 Å². The average molecular weight is 437 g/mol. The van der Waals surface area contributed by atoms with Gasteiger partial charge in [-0.2, -0.15) is 18.2 Å². The first-order chi connectivity index (χ1) is 14.8. The first kappa shape index (κ1) is 21.3. The Kier molecular flexibility index (Phi) is 5.69. The van der Waals surface area contributed by atoms with Crippen molar-refractivity contribution in [3.05, 3.63) is 46.5 Å². The molecule has 0 aliphatic carbocycles. The number of carbonyl (C=O) groups excluding carboxylic acids is 1. The van der Waals surface area contributed by atoms with Gasteiger partial charge >= 0.3 is 6.18 Å². The third-order valence-corrected chi connectivity index (χ3v) is 5.57. The zero-order valence-corrected chi connectivity index (χ0v) is 16.9. The van der Waals surface area contributed by atoms with Crippen LogP contribution in [0.3, 0.4) is 0 Å². The Hall–Kier alpha value is -2.95. The molecule has 31 heavy (non-hydrogen) atoms. The number of morpholine rings is 1. The van der Waals surface area contributed by atoms with E-state index in [0.717, 1.165) is 4.90 Å². The number of anilines is 2. The number of halogens is 3. The van der Waals surface area contributed by atoms with E-state index in [2.05, 4.69) is 9.97 Å². The second kappa shape index (κ2) is 8.29. The van der Waals surface area contributed by atoms with E-state index in [1.807, 2.05) is 11.8 Å². The maximum Gasteiger partial charge on any atom is 0.408 e. The van der Waals surface area contributed by atoms with Gasteiger partial charge in [-0.3, -0.25) is 19.1 Å². The molecule has 0 aromatic carbocycles. The summed E-state index contributed by atoms with van der Waals surface area (Å²) >= 11 is 0. The second-order valence-corrected chi connectivity index (χ2v) is 7.66. The van der Waals surface area contributed by atoms with E-state index in [1.165, 1.54) is 29.1 Å². The maximum atomic E-state index is 13.8. The minimum absolute atomic E-state index is 0.0869. The fourth-order valence-electron chi connectivity index (χ4n) is 3.97. The van der Waals surface area contributed by atoms with Crippen molar-refractivity contribution in [3.63, 3.8) is 0 Å². The van der Waals surface area contributed by atoms with Crippen LogP contribution in [0.15, 0.2) is 35.4 Å². The molecular formula is C20H22F3N5O3. The van der Waals surface area contributed by atoms with Gasteiger partial charge in [-0.15, -0.1) is 0 Å². The number of hydrogen-bond donors (Lipinski definition) is 0.